The highest BCUT2D eigenvalue weighted by molar-refractivity contribution is 5.85. The number of carbonyl (C=O) groups is 2. The molecule has 7 heteroatoms. The van der Waals surface area contributed by atoms with Crippen molar-refractivity contribution in [1.82, 2.24) is 14.7 Å². The van der Waals surface area contributed by atoms with E-state index in [1.165, 1.54) is 0 Å². The number of aliphatic carboxylic acids is 1. The van der Waals surface area contributed by atoms with Crippen LogP contribution in [0.4, 0.5) is 0 Å². The first-order valence-electron chi connectivity index (χ1n) is 8.21. The van der Waals surface area contributed by atoms with Crippen LogP contribution in [0.5, 0.6) is 0 Å². The molecule has 2 aliphatic heterocycles. The number of carboxylic acids is 1. The Hall–Kier alpha value is -1.89. The maximum absolute atomic E-state index is 13.0. The number of nitrogens with zero attached hydrogens (tertiary/aromatic N) is 3. The molecule has 1 amide bonds. The molecule has 2 saturated heterocycles. The largest absolute Gasteiger partial charge is 0.480 e. The quantitative estimate of drug-likeness (QED) is 0.908. The van der Waals surface area contributed by atoms with Crippen molar-refractivity contribution in [3.05, 3.63) is 18.0 Å². The number of hydrogen-bond donors (Lipinski definition) is 1. The molecule has 0 saturated carbocycles. The zero-order valence-electron chi connectivity index (χ0n) is 13.4. The van der Waals surface area contributed by atoms with E-state index in [0.717, 1.165) is 31.2 Å². The predicted octanol–water partition coefficient (Wildman–Crippen LogP) is 1.35. The van der Waals surface area contributed by atoms with Gasteiger partial charge in [-0.1, -0.05) is 0 Å². The normalized spacial score (nSPS) is 28.6. The van der Waals surface area contributed by atoms with Crippen molar-refractivity contribution >= 4 is 11.9 Å². The van der Waals surface area contributed by atoms with Crippen molar-refractivity contribution in [3.63, 3.8) is 0 Å². The van der Waals surface area contributed by atoms with Crippen LogP contribution in [-0.4, -0.2) is 50.9 Å². The van der Waals surface area contributed by atoms with E-state index in [0.29, 0.717) is 19.6 Å². The van der Waals surface area contributed by atoms with Crippen molar-refractivity contribution < 1.29 is 19.4 Å². The average molecular weight is 321 g/mol. The van der Waals surface area contributed by atoms with Gasteiger partial charge in [0.05, 0.1) is 18.2 Å². The number of hydrogen-bond acceptors (Lipinski definition) is 4. The van der Waals surface area contributed by atoms with Crippen molar-refractivity contribution in [3.8, 4) is 0 Å². The minimum absolute atomic E-state index is 0.0920. The zero-order chi connectivity index (χ0) is 16.4. The lowest BCUT2D eigenvalue weighted by molar-refractivity contribution is -0.159. The monoisotopic (exact) mass is 321 g/mol. The maximum atomic E-state index is 13.0. The Kier molecular flexibility index (Phi) is 4.66. The lowest BCUT2D eigenvalue weighted by Gasteiger charge is -2.38. The summed E-state index contributed by atoms with van der Waals surface area (Å²) in [5.74, 6) is -1.33. The number of amides is 1. The molecular weight excluding hydrogens is 298 g/mol. The minimum atomic E-state index is -0.910. The van der Waals surface area contributed by atoms with Gasteiger partial charge in [-0.3, -0.25) is 9.48 Å². The number of carbonyl (C=O) groups excluding carboxylic acids is 1. The van der Waals surface area contributed by atoms with E-state index >= 15 is 0 Å². The van der Waals surface area contributed by atoms with Gasteiger partial charge in [0.25, 0.3) is 0 Å². The van der Waals surface area contributed by atoms with Crippen LogP contribution in [0.2, 0.25) is 0 Å². The Morgan fingerprint density at radius 2 is 2.13 bits per heavy atom. The summed E-state index contributed by atoms with van der Waals surface area (Å²) in [6.07, 6.45) is 7.05. The fourth-order valence-corrected chi connectivity index (χ4v) is 3.61. The zero-order valence-corrected chi connectivity index (χ0v) is 13.4. The molecular formula is C16H23N3O4. The van der Waals surface area contributed by atoms with E-state index in [1.54, 1.807) is 15.8 Å². The van der Waals surface area contributed by atoms with Gasteiger partial charge in [-0.2, -0.15) is 5.10 Å². The van der Waals surface area contributed by atoms with Gasteiger partial charge in [-0.25, -0.2) is 4.79 Å². The van der Waals surface area contributed by atoms with Crippen LogP contribution in [0, 0.1) is 5.92 Å². The van der Waals surface area contributed by atoms with E-state index in [9.17, 15) is 14.7 Å². The van der Waals surface area contributed by atoms with Crippen LogP contribution in [-0.2, 0) is 21.4 Å². The summed E-state index contributed by atoms with van der Waals surface area (Å²) >= 11 is 0. The summed E-state index contributed by atoms with van der Waals surface area (Å²) in [6.45, 7) is 1.14. The lowest BCUT2D eigenvalue weighted by atomic mass is 9.88. The summed E-state index contributed by atoms with van der Waals surface area (Å²) in [4.78, 5) is 26.0. The summed E-state index contributed by atoms with van der Waals surface area (Å²) in [5.41, 5.74) is 0.884. The van der Waals surface area contributed by atoms with Crippen molar-refractivity contribution in [2.45, 2.75) is 44.2 Å². The van der Waals surface area contributed by atoms with Gasteiger partial charge < -0.3 is 14.7 Å². The summed E-state index contributed by atoms with van der Waals surface area (Å²) in [6, 6.07) is -0.701. The summed E-state index contributed by atoms with van der Waals surface area (Å²) in [7, 11) is 1.83. The molecule has 1 N–H and O–H groups in total. The molecule has 126 valence electrons. The van der Waals surface area contributed by atoms with Crippen molar-refractivity contribution in [2.24, 2.45) is 13.0 Å². The highest BCUT2D eigenvalue weighted by atomic mass is 16.5. The van der Waals surface area contributed by atoms with E-state index in [-0.39, 0.29) is 17.9 Å². The number of aryl methyl sites for hydroxylation is 1. The van der Waals surface area contributed by atoms with E-state index in [1.807, 2.05) is 13.2 Å². The molecule has 3 rings (SSSR count). The molecule has 0 aromatic carbocycles. The van der Waals surface area contributed by atoms with Crippen molar-refractivity contribution in [2.75, 3.05) is 13.2 Å². The fraction of sp³-hybridized carbons (Fsp3) is 0.688. The number of piperidine rings is 1. The number of carboxylic acid groups (broad SMARTS) is 1. The fourth-order valence-electron chi connectivity index (χ4n) is 3.61. The minimum Gasteiger partial charge on any atom is -0.480 e. The van der Waals surface area contributed by atoms with Crippen LogP contribution in [0.3, 0.4) is 0 Å². The van der Waals surface area contributed by atoms with Crippen LogP contribution < -0.4 is 0 Å². The van der Waals surface area contributed by atoms with Gasteiger partial charge in [0.2, 0.25) is 5.91 Å². The number of likely N-dealkylation sites (tertiary alicyclic amines) is 1. The second-order valence-corrected chi connectivity index (χ2v) is 6.37. The van der Waals surface area contributed by atoms with Gasteiger partial charge >= 0.3 is 5.97 Å². The summed E-state index contributed by atoms with van der Waals surface area (Å²) in [5, 5.41) is 13.6. The lowest BCUT2D eigenvalue weighted by Crippen LogP contribution is -2.51. The van der Waals surface area contributed by atoms with Crippen LogP contribution in [0.1, 0.15) is 43.8 Å². The molecule has 1 aromatic heterocycles. The van der Waals surface area contributed by atoms with E-state index in [4.69, 9.17) is 4.74 Å². The molecule has 0 spiro atoms. The number of aromatic nitrogens is 2. The molecule has 3 atom stereocenters. The van der Waals surface area contributed by atoms with Crippen LogP contribution in [0.25, 0.3) is 0 Å². The van der Waals surface area contributed by atoms with Gasteiger partial charge in [0.15, 0.2) is 0 Å². The first-order valence-corrected chi connectivity index (χ1v) is 8.21. The molecule has 2 aliphatic rings. The molecule has 1 unspecified atom stereocenters. The molecule has 3 heterocycles. The highest BCUT2D eigenvalue weighted by Crippen LogP contribution is 2.36. The third kappa shape index (κ3) is 3.24. The average Bonchev–Trinajstić information content (AvgIpc) is 3.00. The SMILES string of the molecule is Cn1cc([C@@H]2OCCC[C@H]2C(=O)N2CCCCC2C(=O)O)cn1. The van der Waals surface area contributed by atoms with Crippen LogP contribution >= 0.6 is 0 Å². The molecule has 23 heavy (non-hydrogen) atoms. The molecule has 0 bridgehead atoms. The third-order valence-electron chi connectivity index (χ3n) is 4.76. The number of ether oxygens (including phenoxy) is 1. The third-order valence-corrected chi connectivity index (χ3v) is 4.76. The first-order chi connectivity index (χ1) is 11.1. The Balaban J connectivity index is 1.81. The molecule has 0 radical (unpaired) electrons. The second kappa shape index (κ2) is 6.70. The molecule has 7 nitrogen and oxygen atoms in total. The molecule has 0 aliphatic carbocycles. The molecule has 1 aromatic rings. The smallest absolute Gasteiger partial charge is 0.326 e. The Morgan fingerprint density at radius 1 is 1.30 bits per heavy atom. The highest BCUT2D eigenvalue weighted by Gasteiger charge is 2.40. The van der Waals surface area contributed by atoms with Crippen molar-refractivity contribution in [1.29, 1.82) is 0 Å². The van der Waals surface area contributed by atoms with E-state index < -0.39 is 12.0 Å². The Morgan fingerprint density at radius 3 is 2.83 bits per heavy atom. The first kappa shape index (κ1) is 16.0. The maximum Gasteiger partial charge on any atom is 0.326 e. The van der Waals surface area contributed by atoms with Gasteiger partial charge in [-0.05, 0) is 32.1 Å². The molecule has 2 fully saturated rings. The topological polar surface area (TPSA) is 84.7 Å². The van der Waals surface area contributed by atoms with Gasteiger partial charge in [0.1, 0.15) is 6.04 Å². The number of rotatable bonds is 3. The van der Waals surface area contributed by atoms with Crippen LogP contribution in [0.15, 0.2) is 12.4 Å². The van der Waals surface area contributed by atoms with Gasteiger partial charge in [-0.15, -0.1) is 0 Å². The standard InChI is InChI=1S/C16H23N3O4/c1-18-10-11(9-17-18)14-12(5-4-8-23-14)15(20)19-7-3-2-6-13(19)16(21)22/h9-10,12-14H,2-8H2,1H3,(H,21,22)/t12-,13?,14+/m1/s1. The second-order valence-electron chi connectivity index (χ2n) is 6.37. The summed E-state index contributed by atoms with van der Waals surface area (Å²) < 4.78 is 7.54. The Bertz CT molecular complexity index is 586. The Labute approximate surface area is 135 Å². The predicted molar refractivity (Wildman–Crippen MR) is 81.6 cm³/mol. The van der Waals surface area contributed by atoms with Gasteiger partial charge in [0, 0.05) is 32.0 Å². The van der Waals surface area contributed by atoms with E-state index in [2.05, 4.69) is 5.10 Å².